The number of hydrogen-bond acceptors (Lipinski definition) is 7. The second kappa shape index (κ2) is 15.7. The van der Waals surface area contributed by atoms with Crippen LogP contribution in [0.3, 0.4) is 0 Å². The van der Waals surface area contributed by atoms with Gasteiger partial charge in [0.2, 0.25) is 5.91 Å². The molecule has 1 aliphatic heterocycles. The predicted molar refractivity (Wildman–Crippen MR) is 193 cm³/mol. The van der Waals surface area contributed by atoms with Crippen LogP contribution in [0.15, 0.2) is 109 Å². The summed E-state index contributed by atoms with van der Waals surface area (Å²) in [6.45, 7) is 0.605. The number of likely N-dealkylation sites (tertiary alicyclic amines) is 1. The Labute approximate surface area is 294 Å². The molecule has 11 heteroatoms. The maximum Gasteiger partial charge on any atom is 0.337 e. The smallest absolute Gasteiger partial charge is 0.337 e. The van der Waals surface area contributed by atoms with Crippen molar-refractivity contribution in [1.82, 2.24) is 4.90 Å². The highest BCUT2D eigenvalue weighted by Gasteiger charge is 2.37. The number of nitrogens with one attached hydrogen (secondary N) is 2. The van der Waals surface area contributed by atoms with Crippen LogP contribution < -0.4 is 24.8 Å². The van der Waals surface area contributed by atoms with Gasteiger partial charge in [-0.05, 0) is 77.0 Å². The second-order valence-corrected chi connectivity index (χ2v) is 12.2. The first-order chi connectivity index (χ1) is 24.3. The van der Waals surface area contributed by atoms with Crippen LogP contribution in [0.4, 0.5) is 16.2 Å². The van der Waals surface area contributed by atoms with Crippen molar-refractivity contribution in [3.05, 3.63) is 125 Å². The highest BCUT2D eigenvalue weighted by molar-refractivity contribution is 6.33. The molecule has 0 bridgehead atoms. The van der Waals surface area contributed by atoms with E-state index in [4.69, 9.17) is 30.5 Å². The fraction of sp³-hybridized carbons (Fsp3) is 0.205. The fourth-order valence-electron chi connectivity index (χ4n) is 5.92. The Bertz CT molecular complexity index is 2000. The number of nitrogens with zero attached hydrogens (tertiary/aromatic N) is 1. The van der Waals surface area contributed by atoms with E-state index in [1.807, 2.05) is 42.5 Å². The lowest BCUT2D eigenvalue weighted by molar-refractivity contribution is -0.132. The van der Waals surface area contributed by atoms with Gasteiger partial charge in [0.25, 0.3) is 0 Å². The van der Waals surface area contributed by atoms with Crippen molar-refractivity contribution in [2.24, 2.45) is 0 Å². The molecule has 5 aromatic rings. The van der Waals surface area contributed by atoms with Gasteiger partial charge in [0, 0.05) is 6.42 Å². The van der Waals surface area contributed by atoms with Crippen molar-refractivity contribution in [2.75, 3.05) is 38.0 Å². The first-order valence-corrected chi connectivity index (χ1v) is 16.4. The standard InChI is InChI=1S/C39H36ClN3O7/c1-47-36-19-25(11-18-35(36)42-39(46)41-34-10-6-5-9-33(34)40)20-37(44)43-23-32(50-31-17-12-26-7-3-4-8-28(26)21-31)22-29(43)24-49-30-15-13-27(14-16-30)38(45)48-2/h3-19,21,29,32H,20,22-24H2,1-2H3,(H2,41,42,46). The number of urea groups is 1. The Morgan fingerprint density at radius 1 is 0.800 bits per heavy atom. The molecule has 3 amide bonds. The second-order valence-electron chi connectivity index (χ2n) is 11.8. The number of fused-ring (bicyclic) bond motifs is 1. The summed E-state index contributed by atoms with van der Waals surface area (Å²) < 4.78 is 22.9. The molecule has 6 rings (SSSR count). The van der Waals surface area contributed by atoms with Gasteiger partial charge in [-0.15, -0.1) is 0 Å². The molecule has 1 fully saturated rings. The summed E-state index contributed by atoms with van der Waals surface area (Å²) in [5.41, 5.74) is 2.03. The molecule has 10 nitrogen and oxygen atoms in total. The van der Waals surface area contributed by atoms with Crippen molar-refractivity contribution in [3.8, 4) is 17.2 Å². The van der Waals surface area contributed by atoms with Gasteiger partial charge in [-0.2, -0.15) is 0 Å². The van der Waals surface area contributed by atoms with Crippen LogP contribution in [-0.2, 0) is 16.0 Å². The van der Waals surface area contributed by atoms with E-state index in [0.717, 1.165) is 16.5 Å². The van der Waals surface area contributed by atoms with Gasteiger partial charge in [0.1, 0.15) is 30.0 Å². The minimum Gasteiger partial charge on any atom is -0.495 e. The average molecular weight is 694 g/mol. The molecule has 0 radical (unpaired) electrons. The molecule has 0 aliphatic carbocycles. The number of ether oxygens (including phenoxy) is 4. The molecule has 2 N–H and O–H groups in total. The summed E-state index contributed by atoms with van der Waals surface area (Å²) in [6, 6.07) is 32.1. The van der Waals surface area contributed by atoms with E-state index in [1.165, 1.54) is 14.2 Å². The third kappa shape index (κ3) is 8.27. The number of esters is 1. The molecular formula is C39H36ClN3O7. The number of para-hydroxylation sites is 1. The Kier molecular flexibility index (Phi) is 10.7. The van der Waals surface area contributed by atoms with Crippen LogP contribution in [0.1, 0.15) is 22.3 Å². The van der Waals surface area contributed by atoms with Crippen molar-refractivity contribution >= 4 is 51.7 Å². The van der Waals surface area contributed by atoms with E-state index >= 15 is 0 Å². The van der Waals surface area contributed by atoms with Gasteiger partial charge in [0.15, 0.2) is 0 Å². The zero-order valence-electron chi connectivity index (χ0n) is 27.6. The summed E-state index contributed by atoms with van der Waals surface area (Å²) >= 11 is 6.17. The Hall–Kier alpha value is -5.74. The van der Waals surface area contributed by atoms with E-state index < -0.39 is 12.0 Å². The fourth-order valence-corrected chi connectivity index (χ4v) is 6.10. The highest BCUT2D eigenvalue weighted by Crippen LogP contribution is 2.30. The number of rotatable bonds is 11. The van der Waals surface area contributed by atoms with Crippen LogP contribution in [0.5, 0.6) is 17.2 Å². The molecule has 2 atom stereocenters. The maximum atomic E-state index is 13.9. The number of anilines is 2. The summed E-state index contributed by atoms with van der Waals surface area (Å²) in [5, 5.41) is 8.10. The Morgan fingerprint density at radius 3 is 2.28 bits per heavy atom. The molecule has 5 aromatic carbocycles. The normalized spacial score (nSPS) is 15.3. The third-order valence-corrected chi connectivity index (χ3v) is 8.76. The van der Waals surface area contributed by atoms with E-state index in [0.29, 0.717) is 52.0 Å². The van der Waals surface area contributed by atoms with Crippen LogP contribution in [0, 0.1) is 0 Å². The molecule has 0 spiro atoms. The van der Waals surface area contributed by atoms with Gasteiger partial charge in [-0.3, -0.25) is 4.79 Å². The van der Waals surface area contributed by atoms with Gasteiger partial charge in [-0.25, -0.2) is 9.59 Å². The highest BCUT2D eigenvalue weighted by atomic mass is 35.5. The molecule has 0 saturated carbocycles. The number of amides is 3. The van der Waals surface area contributed by atoms with Crippen molar-refractivity contribution in [2.45, 2.75) is 25.0 Å². The molecule has 256 valence electrons. The van der Waals surface area contributed by atoms with Gasteiger partial charge >= 0.3 is 12.0 Å². The largest absolute Gasteiger partial charge is 0.495 e. The lowest BCUT2D eigenvalue weighted by atomic mass is 10.1. The summed E-state index contributed by atoms with van der Waals surface area (Å²) in [5.74, 6) is 1.16. The minimum absolute atomic E-state index is 0.0927. The first kappa shape index (κ1) is 34.1. The number of carbonyl (C=O) groups is 3. The number of methoxy groups -OCH3 is 2. The molecule has 1 aliphatic rings. The van der Waals surface area contributed by atoms with E-state index in [1.54, 1.807) is 71.6 Å². The zero-order chi connectivity index (χ0) is 35.0. The molecule has 1 saturated heterocycles. The van der Waals surface area contributed by atoms with Crippen molar-refractivity contribution < 1.29 is 33.3 Å². The molecule has 2 unspecified atom stereocenters. The number of halogens is 1. The summed E-state index contributed by atoms with van der Waals surface area (Å²) in [6.07, 6.45) is 0.397. The first-order valence-electron chi connectivity index (χ1n) is 16.0. The number of benzene rings is 5. The average Bonchev–Trinajstić information content (AvgIpc) is 3.54. The monoisotopic (exact) mass is 693 g/mol. The SMILES string of the molecule is COC(=O)c1ccc(OCC2CC(Oc3ccc4ccccc4c3)CN2C(=O)Cc2ccc(NC(=O)Nc3ccccc3Cl)c(OC)c2)cc1. The molecule has 50 heavy (non-hydrogen) atoms. The molecule has 1 heterocycles. The molecule has 0 aromatic heterocycles. The van der Waals surface area contributed by atoms with Gasteiger partial charge < -0.3 is 34.5 Å². The minimum atomic E-state index is -0.488. The predicted octanol–water partition coefficient (Wildman–Crippen LogP) is 7.60. The topological polar surface area (TPSA) is 115 Å². The van der Waals surface area contributed by atoms with Gasteiger partial charge in [0.05, 0.1) is 55.2 Å². The van der Waals surface area contributed by atoms with Crippen LogP contribution in [0.2, 0.25) is 5.02 Å². The third-order valence-electron chi connectivity index (χ3n) is 8.43. The zero-order valence-corrected chi connectivity index (χ0v) is 28.3. The molecular weight excluding hydrogens is 658 g/mol. The number of carbonyl (C=O) groups excluding carboxylic acids is 3. The van der Waals surface area contributed by atoms with Crippen LogP contribution in [0.25, 0.3) is 10.8 Å². The van der Waals surface area contributed by atoms with Crippen molar-refractivity contribution in [3.63, 3.8) is 0 Å². The number of hydrogen-bond donors (Lipinski definition) is 2. The van der Waals surface area contributed by atoms with Crippen LogP contribution >= 0.6 is 11.6 Å². The lowest BCUT2D eigenvalue weighted by Gasteiger charge is -2.25. The summed E-state index contributed by atoms with van der Waals surface area (Å²) in [7, 11) is 2.83. The van der Waals surface area contributed by atoms with E-state index in [9.17, 15) is 14.4 Å². The summed E-state index contributed by atoms with van der Waals surface area (Å²) in [4.78, 5) is 40.2. The van der Waals surface area contributed by atoms with E-state index in [2.05, 4.69) is 10.6 Å². The lowest BCUT2D eigenvalue weighted by Crippen LogP contribution is -2.40. The van der Waals surface area contributed by atoms with Gasteiger partial charge in [-0.1, -0.05) is 60.1 Å². The van der Waals surface area contributed by atoms with Crippen LogP contribution in [-0.4, -0.2) is 62.3 Å². The Balaban J connectivity index is 1.15. The van der Waals surface area contributed by atoms with Crippen molar-refractivity contribution in [1.29, 1.82) is 0 Å². The van der Waals surface area contributed by atoms with E-state index in [-0.39, 0.29) is 31.1 Å². The maximum absolute atomic E-state index is 13.9. The Morgan fingerprint density at radius 2 is 1.52 bits per heavy atom. The quantitative estimate of drug-likeness (QED) is 0.137.